The fourth-order valence-corrected chi connectivity index (χ4v) is 2.36. The number of alkyl halides is 3. The molecular weight excluding hydrogens is 331 g/mol. The van der Waals surface area contributed by atoms with Crippen LogP contribution in [0.5, 0.6) is 0 Å². The molecule has 0 saturated carbocycles. The fourth-order valence-electron chi connectivity index (χ4n) is 1.14. The quantitative estimate of drug-likeness (QED) is 0.766. The van der Waals surface area contributed by atoms with Crippen molar-refractivity contribution in [3.05, 3.63) is 0 Å². The van der Waals surface area contributed by atoms with E-state index in [2.05, 4.69) is 13.7 Å². The average molecular weight is 342 g/mol. The lowest BCUT2D eigenvalue weighted by molar-refractivity contribution is -0.0596. The zero-order chi connectivity index (χ0) is 14.0. The third-order valence-corrected chi connectivity index (χ3v) is 3.27. The van der Waals surface area contributed by atoms with E-state index in [1.165, 1.54) is 0 Å². The normalized spacial score (nSPS) is 23.8. The van der Waals surface area contributed by atoms with Crippen LogP contribution in [0, 0.1) is 0 Å². The zero-order valence-electron chi connectivity index (χ0n) is 9.23. The van der Waals surface area contributed by atoms with E-state index >= 15 is 0 Å². The predicted molar refractivity (Wildman–Crippen MR) is 65.6 cm³/mol. The SMILES string of the molecule is CCC1CN(C(=O)OCC(Cl)(Cl)Cl)OS(=O)(=O)N1. The number of amides is 1. The highest BCUT2D eigenvalue weighted by atomic mass is 35.6. The summed E-state index contributed by atoms with van der Waals surface area (Å²) in [5.41, 5.74) is 0. The Balaban J connectivity index is 2.62. The highest BCUT2D eigenvalue weighted by Crippen LogP contribution is 2.26. The van der Waals surface area contributed by atoms with Gasteiger partial charge in [-0.3, -0.25) is 0 Å². The topological polar surface area (TPSA) is 84.9 Å². The van der Waals surface area contributed by atoms with E-state index in [0.29, 0.717) is 11.5 Å². The number of hydroxylamine groups is 2. The first-order valence-electron chi connectivity index (χ1n) is 4.86. The molecule has 0 bridgehead atoms. The summed E-state index contributed by atoms with van der Waals surface area (Å²) in [6, 6.07) is -0.455. The van der Waals surface area contributed by atoms with E-state index in [4.69, 9.17) is 34.8 Å². The zero-order valence-corrected chi connectivity index (χ0v) is 12.3. The third kappa shape index (κ3) is 5.33. The second-order valence-corrected chi connectivity index (χ2v) is 7.29. The van der Waals surface area contributed by atoms with Gasteiger partial charge in [0, 0.05) is 6.04 Å². The lowest BCUT2D eigenvalue weighted by atomic mass is 10.2. The van der Waals surface area contributed by atoms with Crippen molar-refractivity contribution >= 4 is 51.2 Å². The Kier molecular flexibility index (Phi) is 5.33. The van der Waals surface area contributed by atoms with Crippen LogP contribution in [0.3, 0.4) is 0 Å². The van der Waals surface area contributed by atoms with Crippen LogP contribution >= 0.6 is 34.8 Å². The van der Waals surface area contributed by atoms with Crippen molar-refractivity contribution in [2.24, 2.45) is 0 Å². The molecule has 18 heavy (non-hydrogen) atoms. The van der Waals surface area contributed by atoms with Crippen LogP contribution in [-0.4, -0.2) is 42.6 Å². The van der Waals surface area contributed by atoms with Gasteiger partial charge in [-0.1, -0.05) is 41.7 Å². The molecule has 7 nitrogen and oxygen atoms in total. The Bertz CT molecular complexity index is 410. The van der Waals surface area contributed by atoms with Crippen LogP contribution in [0.2, 0.25) is 0 Å². The molecule has 0 aromatic heterocycles. The summed E-state index contributed by atoms with van der Waals surface area (Å²) in [6.07, 6.45) is -0.554. The number of nitrogens with zero attached hydrogens (tertiary/aromatic N) is 1. The van der Waals surface area contributed by atoms with Gasteiger partial charge in [-0.2, -0.15) is 18.2 Å². The fraction of sp³-hybridized carbons (Fsp3) is 0.857. The second-order valence-electron chi connectivity index (χ2n) is 3.48. The summed E-state index contributed by atoms with van der Waals surface area (Å²) in [7, 11) is -4.02. The van der Waals surface area contributed by atoms with E-state index in [-0.39, 0.29) is 6.54 Å². The number of hydrogen-bond donors (Lipinski definition) is 1. The molecule has 1 aliphatic heterocycles. The van der Waals surface area contributed by atoms with Gasteiger partial charge < -0.3 is 4.74 Å². The van der Waals surface area contributed by atoms with E-state index in [9.17, 15) is 13.2 Å². The summed E-state index contributed by atoms with van der Waals surface area (Å²) in [4.78, 5) is 11.5. The van der Waals surface area contributed by atoms with Crippen molar-refractivity contribution in [3.63, 3.8) is 0 Å². The Morgan fingerprint density at radius 2 is 2.17 bits per heavy atom. The van der Waals surface area contributed by atoms with Gasteiger partial charge in [0.25, 0.3) is 0 Å². The number of carbonyl (C=O) groups is 1. The van der Waals surface area contributed by atoms with Crippen molar-refractivity contribution in [1.29, 1.82) is 0 Å². The van der Waals surface area contributed by atoms with Crippen LogP contribution in [0.4, 0.5) is 4.79 Å². The first kappa shape index (κ1) is 16.1. The Morgan fingerprint density at radius 3 is 2.67 bits per heavy atom. The van der Waals surface area contributed by atoms with E-state index in [0.717, 1.165) is 0 Å². The minimum absolute atomic E-state index is 0.00835. The molecule has 1 amide bonds. The number of halogens is 3. The predicted octanol–water partition coefficient (Wildman–Crippen LogP) is 1.35. The van der Waals surface area contributed by atoms with Crippen molar-refractivity contribution in [1.82, 2.24) is 9.79 Å². The van der Waals surface area contributed by atoms with Gasteiger partial charge in [-0.15, -0.1) is 4.28 Å². The van der Waals surface area contributed by atoms with Gasteiger partial charge in [0.2, 0.25) is 3.79 Å². The highest BCUT2D eigenvalue weighted by molar-refractivity contribution is 7.84. The van der Waals surface area contributed by atoms with Crippen molar-refractivity contribution in [3.8, 4) is 0 Å². The summed E-state index contributed by atoms with van der Waals surface area (Å²) in [5, 5.41) is 0.566. The number of hydrogen-bond acceptors (Lipinski definition) is 5. The Morgan fingerprint density at radius 1 is 1.56 bits per heavy atom. The van der Waals surface area contributed by atoms with Gasteiger partial charge in [-0.25, -0.2) is 4.79 Å². The smallest absolute Gasteiger partial charge is 0.435 e. The number of nitrogens with one attached hydrogen (secondary N) is 1. The van der Waals surface area contributed by atoms with Crippen LogP contribution in [0.1, 0.15) is 13.3 Å². The summed E-state index contributed by atoms with van der Waals surface area (Å²) in [5.74, 6) is 0. The first-order valence-corrected chi connectivity index (χ1v) is 7.40. The summed E-state index contributed by atoms with van der Waals surface area (Å²) >= 11 is 16.2. The van der Waals surface area contributed by atoms with Gasteiger partial charge in [-0.05, 0) is 6.42 Å². The minimum atomic E-state index is -4.02. The third-order valence-electron chi connectivity index (χ3n) is 1.94. The molecule has 1 atom stereocenters. The van der Waals surface area contributed by atoms with Crippen molar-refractivity contribution < 1.29 is 22.2 Å². The maximum absolute atomic E-state index is 11.5. The van der Waals surface area contributed by atoms with Crippen molar-refractivity contribution in [2.75, 3.05) is 13.2 Å². The second kappa shape index (κ2) is 5.98. The average Bonchev–Trinajstić information content (AvgIpc) is 2.22. The van der Waals surface area contributed by atoms with Crippen molar-refractivity contribution in [2.45, 2.75) is 23.2 Å². The molecule has 11 heteroatoms. The molecule has 1 N–H and O–H groups in total. The number of carbonyl (C=O) groups excluding carboxylic acids is 1. The number of ether oxygens (including phenoxy) is 1. The molecule has 1 unspecified atom stereocenters. The van der Waals surface area contributed by atoms with Crippen LogP contribution in [-0.2, 0) is 19.3 Å². The lowest BCUT2D eigenvalue weighted by Gasteiger charge is -2.30. The molecular formula is C7H11Cl3N2O5S. The summed E-state index contributed by atoms with van der Waals surface area (Å²) in [6.45, 7) is 1.25. The maximum Gasteiger partial charge on any atom is 0.435 e. The van der Waals surface area contributed by atoms with Crippen LogP contribution in [0.15, 0.2) is 0 Å². The van der Waals surface area contributed by atoms with E-state index < -0.39 is 32.8 Å². The van der Waals surface area contributed by atoms with Gasteiger partial charge >= 0.3 is 16.4 Å². The molecule has 0 spiro atoms. The minimum Gasteiger partial charge on any atom is -0.443 e. The standard InChI is InChI=1S/C7H11Cl3N2O5S/c1-2-5-3-12(17-18(14,15)11-5)6(13)16-4-7(8,9)10/h5,11H,2-4H2,1H3. The Hall–Kier alpha value is 0.01000. The lowest BCUT2D eigenvalue weighted by Crippen LogP contribution is -2.54. The molecule has 0 radical (unpaired) electrons. The molecule has 1 rings (SSSR count). The monoisotopic (exact) mass is 340 g/mol. The van der Waals surface area contributed by atoms with E-state index in [1.54, 1.807) is 6.92 Å². The van der Waals surface area contributed by atoms with Gasteiger partial charge in [0.15, 0.2) is 0 Å². The van der Waals surface area contributed by atoms with Gasteiger partial charge in [0.05, 0.1) is 6.54 Å². The van der Waals surface area contributed by atoms with Crippen LogP contribution < -0.4 is 4.72 Å². The first-order chi connectivity index (χ1) is 8.13. The molecule has 0 aliphatic carbocycles. The molecule has 0 aromatic rings. The summed E-state index contributed by atoms with van der Waals surface area (Å²) < 4.78 is 32.0. The molecule has 1 fully saturated rings. The molecule has 1 heterocycles. The molecule has 1 saturated heterocycles. The highest BCUT2D eigenvalue weighted by Gasteiger charge is 2.34. The molecule has 1 aliphatic rings. The number of rotatable bonds is 2. The molecule has 106 valence electrons. The Labute approximate surface area is 119 Å². The van der Waals surface area contributed by atoms with E-state index in [1.807, 2.05) is 0 Å². The maximum atomic E-state index is 11.5. The van der Waals surface area contributed by atoms with Crippen LogP contribution in [0.25, 0.3) is 0 Å². The molecule has 0 aromatic carbocycles. The van der Waals surface area contributed by atoms with Gasteiger partial charge in [0.1, 0.15) is 6.61 Å². The largest absolute Gasteiger partial charge is 0.443 e.